The van der Waals surface area contributed by atoms with Crippen LogP contribution in [0.4, 0.5) is 37.0 Å². The summed E-state index contributed by atoms with van der Waals surface area (Å²) in [6.07, 6.45) is 0.216. The van der Waals surface area contributed by atoms with Crippen molar-refractivity contribution in [3.8, 4) is 12.3 Å². The van der Waals surface area contributed by atoms with Crippen LogP contribution in [0, 0.1) is 12.3 Å². The molecule has 12 heteroatoms. The number of carbonyl (C=O) groups is 1. The molecular weight excluding hydrogens is 480 g/mol. The van der Waals surface area contributed by atoms with Crippen molar-refractivity contribution in [2.24, 2.45) is 0 Å². The van der Waals surface area contributed by atoms with Crippen molar-refractivity contribution in [1.82, 2.24) is 9.88 Å². The molecular formula is C23H25F6N3O3. The van der Waals surface area contributed by atoms with Gasteiger partial charge in [0.2, 0.25) is 0 Å². The van der Waals surface area contributed by atoms with E-state index in [1.54, 1.807) is 11.8 Å². The Labute approximate surface area is 198 Å². The maximum Gasteiger partial charge on any atom is 0.430 e. The van der Waals surface area contributed by atoms with Crippen molar-refractivity contribution >= 4 is 11.9 Å². The first kappa shape index (κ1) is 28.0. The summed E-state index contributed by atoms with van der Waals surface area (Å²) in [6, 6.07) is 1.53. The number of pyridine rings is 1. The van der Waals surface area contributed by atoms with Crippen LogP contribution < -0.4 is 4.90 Å². The third-order valence-electron chi connectivity index (χ3n) is 5.28. The van der Waals surface area contributed by atoms with Crippen molar-refractivity contribution in [2.75, 3.05) is 37.7 Å². The largest absolute Gasteiger partial charge is 0.445 e. The summed E-state index contributed by atoms with van der Waals surface area (Å²) >= 11 is 0. The van der Waals surface area contributed by atoms with Gasteiger partial charge < -0.3 is 19.6 Å². The summed E-state index contributed by atoms with van der Waals surface area (Å²) in [5.41, 5.74) is -5.53. The molecule has 1 aromatic heterocycles. The first-order valence-corrected chi connectivity index (χ1v) is 10.6. The van der Waals surface area contributed by atoms with E-state index in [1.807, 2.05) is 18.2 Å². The first-order valence-electron chi connectivity index (χ1n) is 10.6. The predicted molar refractivity (Wildman–Crippen MR) is 116 cm³/mol. The van der Waals surface area contributed by atoms with Crippen LogP contribution in [0.3, 0.4) is 0 Å². The van der Waals surface area contributed by atoms with E-state index in [-0.39, 0.29) is 38.6 Å². The molecule has 1 amide bonds. The number of allylic oxidation sites excluding steroid dienone is 2. The average molecular weight is 505 g/mol. The third-order valence-corrected chi connectivity index (χ3v) is 5.28. The number of alkyl halides is 6. The zero-order chi connectivity index (χ0) is 26.3. The minimum Gasteiger partial charge on any atom is -0.445 e. The van der Waals surface area contributed by atoms with E-state index in [0.717, 1.165) is 24.5 Å². The number of nitrogens with zero attached hydrogens (tertiary/aromatic N) is 3. The Kier molecular flexibility index (Phi) is 9.20. The lowest BCUT2D eigenvalue weighted by Gasteiger charge is -2.35. The van der Waals surface area contributed by atoms with Gasteiger partial charge in [-0.3, -0.25) is 0 Å². The fraction of sp³-hybridized carbons (Fsp3) is 0.478. The van der Waals surface area contributed by atoms with E-state index in [2.05, 4.69) is 17.3 Å². The van der Waals surface area contributed by atoms with Crippen molar-refractivity contribution in [2.45, 2.75) is 37.7 Å². The summed E-state index contributed by atoms with van der Waals surface area (Å²) in [7, 11) is 0. The van der Waals surface area contributed by atoms with Crippen LogP contribution in [0.25, 0.3) is 0 Å². The van der Waals surface area contributed by atoms with Crippen molar-refractivity contribution < 1.29 is 41.0 Å². The number of anilines is 1. The second kappa shape index (κ2) is 11.5. The molecule has 1 saturated heterocycles. The average Bonchev–Trinajstić information content (AvgIpc) is 2.82. The van der Waals surface area contributed by atoms with E-state index in [4.69, 9.17) is 4.74 Å². The van der Waals surface area contributed by atoms with Crippen LogP contribution in [0.1, 0.15) is 25.3 Å². The molecule has 1 fully saturated rings. The van der Waals surface area contributed by atoms with Gasteiger partial charge in [0.15, 0.2) is 0 Å². The van der Waals surface area contributed by atoms with Gasteiger partial charge in [-0.2, -0.15) is 26.3 Å². The highest BCUT2D eigenvalue weighted by Gasteiger charge is 2.71. The summed E-state index contributed by atoms with van der Waals surface area (Å²) in [5.74, 6) is 2.38. The summed E-state index contributed by atoms with van der Waals surface area (Å²) in [6.45, 7) is 2.80. The highest BCUT2D eigenvalue weighted by atomic mass is 19.4. The topological polar surface area (TPSA) is 65.9 Å². The van der Waals surface area contributed by atoms with E-state index in [0.29, 0.717) is 12.3 Å². The van der Waals surface area contributed by atoms with Gasteiger partial charge >= 0.3 is 18.4 Å². The van der Waals surface area contributed by atoms with Gasteiger partial charge in [-0.15, -0.1) is 12.3 Å². The molecule has 0 unspecified atom stereocenters. The predicted octanol–water partition coefficient (Wildman–Crippen LogP) is 4.57. The van der Waals surface area contributed by atoms with Crippen LogP contribution in [-0.4, -0.2) is 66.2 Å². The SMILES string of the molecule is C#CC.O=C(OCC1=CCCC=C1)N1CCN(c2ccc(C(O)(C(F)(F)F)C(F)(F)F)cn2)CC1. The van der Waals surface area contributed by atoms with Crippen molar-refractivity contribution in [3.63, 3.8) is 0 Å². The Morgan fingerprint density at radius 3 is 2.17 bits per heavy atom. The highest BCUT2D eigenvalue weighted by Crippen LogP contribution is 2.49. The molecule has 1 aliphatic heterocycles. The molecule has 0 aromatic carbocycles. The van der Waals surface area contributed by atoms with Crippen molar-refractivity contribution in [1.29, 1.82) is 0 Å². The molecule has 1 aliphatic carbocycles. The van der Waals surface area contributed by atoms with Crippen LogP contribution >= 0.6 is 0 Å². The molecule has 2 heterocycles. The number of piperazine rings is 1. The Morgan fingerprint density at radius 2 is 1.71 bits per heavy atom. The van der Waals surface area contributed by atoms with E-state index in [9.17, 15) is 36.2 Å². The number of carbonyl (C=O) groups excluding carboxylic acids is 1. The number of hydrogen-bond acceptors (Lipinski definition) is 5. The molecule has 192 valence electrons. The summed E-state index contributed by atoms with van der Waals surface area (Å²) < 4.78 is 83.1. The lowest BCUT2D eigenvalue weighted by Crippen LogP contribution is -2.54. The van der Waals surface area contributed by atoms with E-state index >= 15 is 0 Å². The lowest BCUT2D eigenvalue weighted by atomic mass is 9.94. The van der Waals surface area contributed by atoms with Gasteiger partial charge in [0.25, 0.3) is 5.60 Å². The number of aromatic nitrogens is 1. The number of terminal acetylenes is 1. The quantitative estimate of drug-likeness (QED) is 0.480. The molecule has 1 N–H and O–H groups in total. The van der Waals surface area contributed by atoms with Gasteiger partial charge in [-0.05, 0) is 31.4 Å². The maximum atomic E-state index is 13.0. The van der Waals surface area contributed by atoms with Crippen LogP contribution in [0.2, 0.25) is 0 Å². The molecule has 0 bridgehead atoms. The van der Waals surface area contributed by atoms with Crippen LogP contribution in [0.15, 0.2) is 42.1 Å². The minimum absolute atomic E-state index is 0.131. The Morgan fingerprint density at radius 1 is 1.11 bits per heavy atom. The Bertz CT molecular complexity index is 943. The monoisotopic (exact) mass is 505 g/mol. The fourth-order valence-corrected chi connectivity index (χ4v) is 3.40. The standard InChI is InChI=1S/C20H21F6N3O3.C3H4/c21-19(22,23)18(31,20(24,25)26)15-6-7-16(27-12-15)28-8-10-29(11-9-28)17(30)32-13-14-4-2-1-3-5-14;1-3-2/h2,4-7,12,31H,1,3,8-11,13H2;1H,2H3. The normalized spacial score (nSPS) is 16.6. The Balaban J connectivity index is 0.00000137. The molecule has 0 atom stereocenters. The molecule has 0 radical (unpaired) electrons. The van der Waals surface area contributed by atoms with Gasteiger partial charge in [0.05, 0.1) is 0 Å². The number of rotatable bonds is 4. The maximum absolute atomic E-state index is 13.0. The number of halogens is 6. The fourth-order valence-electron chi connectivity index (χ4n) is 3.40. The minimum atomic E-state index is -5.97. The number of ether oxygens (including phenoxy) is 1. The summed E-state index contributed by atoms with van der Waals surface area (Å²) in [4.78, 5) is 19.0. The van der Waals surface area contributed by atoms with Crippen LogP contribution in [-0.2, 0) is 10.3 Å². The molecule has 2 aliphatic rings. The highest BCUT2D eigenvalue weighted by molar-refractivity contribution is 5.68. The molecule has 3 rings (SSSR count). The van der Waals surface area contributed by atoms with E-state index in [1.165, 1.54) is 4.90 Å². The second-order valence-electron chi connectivity index (χ2n) is 7.69. The molecule has 6 nitrogen and oxygen atoms in total. The summed E-state index contributed by atoms with van der Waals surface area (Å²) in [5, 5.41) is 9.43. The number of amides is 1. The molecule has 0 spiro atoms. The van der Waals surface area contributed by atoms with Crippen molar-refractivity contribution in [3.05, 3.63) is 47.7 Å². The second-order valence-corrected chi connectivity index (χ2v) is 7.69. The van der Waals surface area contributed by atoms with Crippen LogP contribution in [0.5, 0.6) is 0 Å². The third kappa shape index (κ3) is 6.69. The number of aliphatic hydroxyl groups is 1. The van der Waals surface area contributed by atoms with Gasteiger partial charge in [-0.1, -0.05) is 24.3 Å². The Hall–Kier alpha value is -3.20. The zero-order valence-corrected chi connectivity index (χ0v) is 18.9. The zero-order valence-electron chi connectivity index (χ0n) is 18.9. The lowest BCUT2D eigenvalue weighted by molar-refractivity contribution is -0.376. The van der Waals surface area contributed by atoms with Gasteiger partial charge in [-0.25, -0.2) is 9.78 Å². The smallest absolute Gasteiger partial charge is 0.430 e. The molecule has 1 aromatic rings. The molecule has 35 heavy (non-hydrogen) atoms. The first-order chi connectivity index (χ1) is 16.3. The number of hydrogen-bond donors (Lipinski definition) is 1. The van der Waals surface area contributed by atoms with Gasteiger partial charge in [0, 0.05) is 37.9 Å². The molecule has 0 saturated carbocycles. The van der Waals surface area contributed by atoms with Gasteiger partial charge in [0.1, 0.15) is 12.4 Å². The van der Waals surface area contributed by atoms with E-state index < -0.39 is 29.6 Å².